The van der Waals surface area contributed by atoms with Crippen LogP contribution in [0, 0.1) is 23.4 Å². The molecule has 176 valence electrons. The average Bonchev–Trinajstić information content (AvgIpc) is 3.25. The second-order valence-electron chi connectivity index (χ2n) is 7.87. The number of hydrogen-bond acceptors (Lipinski definition) is 7. The lowest BCUT2D eigenvalue weighted by Gasteiger charge is -2.36. The number of aromatic nitrogens is 2. The van der Waals surface area contributed by atoms with E-state index in [1.54, 1.807) is 0 Å². The van der Waals surface area contributed by atoms with Gasteiger partial charge >= 0.3 is 0 Å². The number of amides is 1. The zero-order chi connectivity index (χ0) is 23.9. The normalized spacial score (nSPS) is 23.2. The molecule has 0 radical (unpaired) electrons. The highest BCUT2D eigenvalue weighted by Gasteiger charge is 2.41. The van der Waals surface area contributed by atoms with Gasteiger partial charge in [-0.05, 0) is 12.5 Å². The number of nitrogens with zero attached hydrogens (tertiary/aromatic N) is 5. The van der Waals surface area contributed by atoms with Crippen molar-refractivity contribution in [2.24, 2.45) is 11.0 Å². The van der Waals surface area contributed by atoms with Crippen molar-refractivity contribution in [3.8, 4) is 0 Å². The van der Waals surface area contributed by atoms with Gasteiger partial charge in [0.15, 0.2) is 26.5 Å². The summed E-state index contributed by atoms with van der Waals surface area (Å²) in [4.78, 5) is 22.2. The van der Waals surface area contributed by atoms with Gasteiger partial charge in [-0.3, -0.25) is 4.79 Å². The topological polar surface area (TPSA) is 95.8 Å². The van der Waals surface area contributed by atoms with E-state index in [9.17, 15) is 26.4 Å². The fraction of sp³-hybridized carbons (Fsp3) is 0.400. The quantitative estimate of drug-likeness (QED) is 0.375. The first kappa shape index (κ1) is 23.1. The van der Waals surface area contributed by atoms with Gasteiger partial charge in [-0.25, -0.2) is 41.0 Å². The number of halogens is 4. The summed E-state index contributed by atoms with van der Waals surface area (Å²) in [5, 5.41) is 4.56. The summed E-state index contributed by atoms with van der Waals surface area (Å²) in [5.74, 6) is -5.34. The smallest absolute Gasteiger partial charge is 0.249 e. The van der Waals surface area contributed by atoms with E-state index in [2.05, 4.69) is 15.1 Å². The minimum atomic E-state index is -3.59. The first-order valence-electron chi connectivity index (χ1n) is 9.97. The van der Waals surface area contributed by atoms with Crippen molar-refractivity contribution in [2.45, 2.75) is 30.1 Å². The molecule has 33 heavy (non-hydrogen) atoms. The Morgan fingerprint density at radius 1 is 1.15 bits per heavy atom. The standard InChI is InChI=1S/C20H19F4N5O3S/c1-33(31,32)18-8-17(25-10-26-18)28-5-3-12(15(23)9-28)20(30)29-16(2-4-27-29)13-6-11(21)7-14(22)19(13)24/h4,6-8,10,12,15-16H,2-3,5,9H2,1H3/t12-,15+,16-/m0/s1. The van der Waals surface area contributed by atoms with E-state index in [4.69, 9.17) is 0 Å². The molecule has 2 aliphatic heterocycles. The molecule has 4 rings (SSSR count). The summed E-state index contributed by atoms with van der Waals surface area (Å²) in [6.45, 7) is -0.0655. The number of alkyl halides is 1. The van der Waals surface area contributed by atoms with Crippen LogP contribution >= 0.6 is 0 Å². The Kier molecular flexibility index (Phi) is 6.08. The number of benzene rings is 1. The first-order valence-corrected chi connectivity index (χ1v) is 11.9. The Balaban J connectivity index is 1.51. The molecule has 1 amide bonds. The highest BCUT2D eigenvalue weighted by Crippen LogP contribution is 2.35. The highest BCUT2D eigenvalue weighted by molar-refractivity contribution is 7.90. The summed E-state index contributed by atoms with van der Waals surface area (Å²) >= 11 is 0. The van der Waals surface area contributed by atoms with Crippen LogP contribution in [-0.2, 0) is 14.6 Å². The average molecular weight is 485 g/mol. The number of hydrogen-bond donors (Lipinski definition) is 0. The molecule has 2 aliphatic rings. The molecule has 3 atom stereocenters. The maximum Gasteiger partial charge on any atom is 0.249 e. The SMILES string of the molecule is CS(=O)(=O)c1cc(N2CC[C@H](C(=O)N3N=CC[C@H]3c3cc(F)cc(F)c3F)[C@H](F)C2)ncn1. The van der Waals surface area contributed by atoms with Crippen LogP contribution in [0.2, 0.25) is 0 Å². The molecular weight excluding hydrogens is 466 g/mol. The summed E-state index contributed by atoms with van der Waals surface area (Å²) in [7, 11) is -3.59. The van der Waals surface area contributed by atoms with Gasteiger partial charge in [-0.15, -0.1) is 0 Å². The van der Waals surface area contributed by atoms with Crippen molar-refractivity contribution in [2.75, 3.05) is 24.2 Å². The van der Waals surface area contributed by atoms with Gasteiger partial charge < -0.3 is 4.90 Å². The van der Waals surface area contributed by atoms with E-state index < -0.39 is 51.3 Å². The third kappa shape index (κ3) is 4.54. The fourth-order valence-corrected chi connectivity index (χ4v) is 4.53. The number of carbonyl (C=O) groups is 1. The van der Waals surface area contributed by atoms with Gasteiger partial charge in [0.2, 0.25) is 5.91 Å². The number of carbonyl (C=O) groups excluding carboxylic acids is 1. The lowest BCUT2D eigenvalue weighted by molar-refractivity contribution is -0.140. The van der Waals surface area contributed by atoms with Crippen LogP contribution in [0.1, 0.15) is 24.4 Å². The van der Waals surface area contributed by atoms with Gasteiger partial charge in [0.05, 0.1) is 18.5 Å². The largest absolute Gasteiger partial charge is 0.354 e. The molecule has 0 aliphatic carbocycles. The van der Waals surface area contributed by atoms with Crippen molar-refractivity contribution in [3.63, 3.8) is 0 Å². The Morgan fingerprint density at radius 3 is 2.61 bits per heavy atom. The molecule has 0 spiro atoms. The number of rotatable bonds is 4. The number of hydrazone groups is 1. The Hall–Kier alpha value is -3.09. The number of anilines is 1. The second kappa shape index (κ2) is 8.69. The summed E-state index contributed by atoms with van der Waals surface area (Å²) in [6.07, 6.45) is 1.75. The van der Waals surface area contributed by atoms with E-state index in [1.807, 2.05) is 0 Å². The number of piperidine rings is 1. The van der Waals surface area contributed by atoms with Crippen LogP contribution in [0.4, 0.5) is 23.4 Å². The zero-order valence-corrected chi connectivity index (χ0v) is 18.1. The maximum absolute atomic E-state index is 15.1. The Labute approximate surface area is 186 Å². The fourth-order valence-electron chi connectivity index (χ4n) is 3.97. The Morgan fingerprint density at radius 2 is 1.91 bits per heavy atom. The zero-order valence-electron chi connectivity index (χ0n) is 17.3. The molecule has 13 heteroatoms. The van der Waals surface area contributed by atoms with E-state index in [0.717, 1.165) is 23.7 Å². The van der Waals surface area contributed by atoms with Crippen LogP contribution in [-0.4, -0.2) is 61.0 Å². The van der Waals surface area contributed by atoms with Gasteiger partial charge in [0.1, 0.15) is 24.1 Å². The monoisotopic (exact) mass is 485 g/mol. The summed E-state index contributed by atoms with van der Waals surface area (Å²) in [6, 6.07) is 1.33. The molecule has 0 bridgehead atoms. The van der Waals surface area contributed by atoms with Gasteiger partial charge in [0.25, 0.3) is 0 Å². The first-order chi connectivity index (χ1) is 15.6. The van der Waals surface area contributed by atoms with Crippen molar-refractivity contribution in [1.82, 2.24) is 15.0 Å². The lowest BCUT2D eigenvalue weighted by Crippen LogP contribution is -2.48. The van der Waals surface area contributed by atoms with Crippen molar-refractivity contribution >= 4 is 27.8 Å². The molecule has 2 aromatic rings. The molecule has 1 fully saturated rings. The van der Waals surface area contributed by atoms with E-state index in [1.165, 1.54) is 17.2 Å². The summed E-state index contributed by atoms with van der Waals surface area (Å²) in [5.41, 5.74) is -0.375. The van der Waals surface area contributed by atoms with E-state index >= 15 is 4.39 Å². The van der Waals surface area contributed by atoms with Gasteiger partial charge in [0, 0.05) is 43.1 Å². The number of sulfone groups is 1. The van der Waals surface area contributed by atoms with Crippen molar-refractivity contribution < 1.29 is 30.8 Å². The van der Waals surface area contributed by atoms with Crippen LogP contribution in [0.5, 0.6) is 0 Å². The predicted molar refractivity (Wildman–Crippen MR) is 109 cm³/mol. The second-order valence-corrected chi connectivity index (χ2v) is 9.83. The predicted octanol–water partition coefficient (Wildman–Crippen LogP) is 2.42. The third-order valence-electron chi connectivity index (χ3n) is 5.63. The molecule has 0 unspecified atom stereocenters. The van der Waals surface area contributed by atoms with Gasteiger partial charge in [-0.1, -0.05) is 0 Å². The molecular formula is C20H19F4N5O3S. The van der Waals surface area contributed by atoms with Gasteiger partial charge in [-0.2, -0.15) is 5.10 Å². The third-order valence-corrected chi connectivity index (χ3v) is 6.61. The molecule has 1 aromatic carbocycles. The van der Waals surface area contributed by atoms with Crippen LogP contribution in [0.25, 0.3) is 0 Å². The molecule has 3 heterocycles. The maximum atomic E-state index is 15.1. The van der Waals surface area contributed by atoms with Crippen molar-refractivity contribution in [1.29, 1.82) is 0 Å². The highest BCUT2D eigenvalue weighted by atomic mass is 32.2. The van der Waals surface area contributed by atoms with E-state index in [0.29, 0.717) is 6.07 Å². The Bertz CT molecular complexity index is 1230. The molecule has 1 aromatic heterocycles. The minimum Gasteiger partial charge on any atom is -0.354 e. The molecule has 8 nitrogen and oxygen atoms in total. The van der Waals surface area contributed by atoms with E-state index in [-0.39, 0.29) is 42.3 Å². The van der Waals surface area contributed by atoms with Crippen LogP contribution in [0.3, 0.4) is 0 Å². The minimum absolute atomic E-state index is 0.0244. The summed E-state index contributed by atoms with van der Waals surface area (Å²) < 4.78 is 80.1. The van der Waals surface area contributed by atoms with Crippen molar-refractivity contribution in [3.05, 3.63) is 47.5 Å². The molecule has 1 saturated heterocycles. The molecule has 0 saturated carbocycles. The van der Waals surface area contributed by atoms with Crippen LogP contribution in [0.15, 0.2) is 34.7 Å². The molecule has 0 N–H and O–H groups in total. The van der Waals surface area contributed by atoms with Crippen LogP contribution < -0.4 is 4.90 Å². The lowest BCUT2D eigenvalue weighted by atomic mass is 9.92.